The van der Waals surface area contributed by atoms with Crippen molar-refractivity contribution in [2.24, 2.45) is 0 Å². The molecular formula is C5H10O5. The number of unbranched alkanes of at least 4 members (excludes halogenated alkanes) is 1. The Hall–Kier alpha value is -0.810. The Balaban J connectivity index is 2.84. The molecule has 0 radical (unpaired) electrons. The molecule has 0 saturated carbocycles. The Morgan fingerprint density at radius 2 is 2.30 bits per heavy atom. The molecule has 10 heavy (non-hydrogen) atoms. The molecule has 0 aliphatic heterocycles. The zero-order chi connectivity index (χ0) is 7.82. The molecule has 5 heteroatoms. The van der Waals surface area contributed by atoms with Gasteiger partial charge in [-0.1, -0.05) is 13.3 Å². The lowest BCUT2D eigenvalue weighted by atomic mass is 10.4. The van der Waals surface area contributed by atoms with Crippen molar-refractivity contribution in [1.29, 1.82) is 0 Å². The maximum atomic E-state index is 9.60. The minimum Gasteiger partial charge on any atom is -0.448 e. The van der Waals surface area contributed by atoms with Gasteiger partial charge in [-0.3, -0.25) is 0 Å². The third kappa shape index (κ3) is 7.19. The van der Waals surface area contributed by atoms with Crippen molar-refractivity contribution < 1.29 is 24.7 Å². The maximum Gasteiger partial charge on any atom is 0.540 e. The van der Waals surface area contributed by atoms with E-state index in [0.717, 1.165) is 12.8 Å². The molecule has 0 rings (SSSR count). The first kappa shape index (κ1) is 9.19. The van der Waals surface area contributed by atoms with Gasteiger partial charge in [-0.25, -0.2) is 9.68 Å². The van der Waals surface area contributed by atoms with Gasteiger partial charge < -0.3 is 5.11 Å². The summed E-state index contributed by atoms with van der Waals surface area (Å²) >= 11 is 0. The standard InChI is InChI=1S/C5H10O5/c1-2-3-4-8-10-9-5(6)7/h2-4H2,1H3,(H,6,7). The van der Waals surface area contributed by atoms with Crippen LogP contribution in [0.3, 0.4) is 0 Å². The first-order chi connectivity index (χ1) is 4.77. The number of carbonyl (C=O) groups is 1. The quantitative estimate of drug-likeness (QED) is 0.364. The van der Waals surface area contributed by atoms with E-state index in [0.29, 0.717) is 6.61 Å². The first-order valence-corrected chi connectivity index (χ1v) is 2.96. The predicted octanol–water partition coefficient (Wildman–Crippen LogP) is 1.34. The van der Waals surface area contributed by atoms with Crippen molar-refractivity contribution in [2.75, 3.05) is 6.61 Å². The molecule has 0 aromatic heterocycles. The van der Waals surface area contributed by atoms with Crippen LogP contribution in [0.15, 0.2) is 0 Å². The van der Waals surface area contributed by atoms with Crippen LogP contribution in [-0.4, -0.2) is 17.9 Å². The fraction of sp³-hybridized carbons (Fsp3) is 0.800. The molecule has 0 saturated heterocycles. The summed E-state index contributed by atoms with van der Waals surface area (Å²) < 4.78 is 0. The smallest absolute Gasteiger partial charge is 0.448 e. The molecule has 1 N–H and O–H groups in total. The topological polar surface area (TPSA) is 65.0 Å². The second-order valence-corrected chi connectivity index (χ2v) is 1.59. The highest BCUT2D eigenvalue weighted by Crippen LogP contribution is 1.89. The summed E-state index contributed by atoms with van der Waals surface area (Å²) in [5.74, 6) is 0. The number of rotatable bonds is 5. The molecule has 0 aromatic carbocycles. The molecule has 0 aliphatic rings. The summed E-state index contributed by atoms with van der Waals surface area (Å²) in [5, 5.41) is 11.6. The van der Waals surface area contributed by atoms with E-state index in [1.54, 1.807) is 0 Å². The van der Waals surface area contributed by atoms with Crippen LogP contribution in [0.2, 0.25) is 0 Å². The molecule has 0 aromatic rings. The Morgan fingerprint density at radius 1 is 1.60 bits per heavy atom. The second kappa shape index (κ2) is 6.31. The molecule has 0 unspecified atom stereocenters. The van der Waals surface area contributed by atoms with Crippen LogP contribution in [0.1, 0.15) is 19.8 Å². The summed E-state index contributed by atoms with van der Waals surface area (Å²) in [7, 11) is 0. The SMILES string of the molecule is CCCCOOOC(=O)O. The van der Waals surface area contributed by atoms with Crippen LogP contribution in [-0.2, 0) is 14.8 Å². The normalized spacial score (nSPS) is 9.30. The molecule has 0 amide bonds. The van der Waals surface area contributed by atoms with Crippen LogP contribution in [0, 0.1) is 0 Å². The van der Waals surface area contributed by atoms with E-state index in [9.17, 15) is 4.79 Å². The van der Waals surface area contributed by atoms with Crippen molar-refractivity contribution in [1.82, 2.24) is 0 Å². The van der Waals surface area contributed by atoms with Crippen LogP contribution in [0.4, 0.5) is 4.79 Å². The van der Waals surface area contributed by atoms with Crippen LogP contribution in [0.5, 0.6) is 0 Å². The van der Waals surface area contributed by atoms with Gasteiger partial charge >= 0.3 is 6.16 Å². The van der Waals surface area contributed by atoms with Crippen LogP contribution < -0.4 is 0 Å². The molecule has 5 nitrogen and oxygen atoms in total. The minimum atomic E-state index is -1.52. The lowest BCUT2D eigenvalue weighted by Gasteiger charge is -1.96. The second-order valence-electron chi connectivity index (χ2n) is 1.59. The largest absolute Gasteiger partial charge is 0.540 e. The van der Waals surface area contributed by atoms with Gasteiger partial charge in [0.25, 0.3) is 0 Å². The van der Waals surface area contributed by atoms with E-state index in [1.165, 1.54) is 0 Å². The van der Waals surface area contributed by atoms with E-state index in [4.69, 9.17) is 5.11 Å². The van der Waals surface area contributed by atoms with Crippen molar-refractivity contribution in [2.45, 2.75) is 19.8 Å². The van der Waals surface area contributed by atoms with E-state index in [1.807, 2.05) is 6.92 Å². The number of carboxylic acid groups (broad SMARTS) is 1. The third-order valence-electron chi connectivity index (χ3n) is 0.735. The Morgan fingerprint density at radius 3 is 2.80 bits per heavy atom. The van der Waals surface area contributed by atoms with Gasteiger partial charge in [0.1, 0.15) is 0 Å². The Bertz CT molecular complexity index is 92.0. The molecule has 0 aliphatic carbocycles. The van der Waals surface area contributed by atoms with Crippen molar-refractivity contribution >= 4 is 6.16 Å². The molecule has 0 spiro atoms. The molecule has 0 fully saturated rings. The molecular weight excluding hydrogens is 140 g/mol. The number of hydrogen-bond donors (Lipinski definition) is 1. The molecule has 0 atom stereocenters. The summed E-state index contributed by atoms with van der Waals surface area (Å²) in [5.41, 5.74) is 0. The summed E-state index contributed by atoms with van der Waals surface area (Å²) in [6.45, 7) is 2.31. The lowest BCUT2D eigenvalue weighted by molar-refractivity contribution is -0.485. The van der Waals surface area contributed by atoms with Gasteiger partial charge in [0.2, 0.25) is 0 Å². The van der Waals surface area contributed by atoms with Gasteiger partial charge in [-0.15, -0.1) is 0 Å². The van der Waals surface area contributed by atoms with Gasteiger partial charge in [-0.05, 0) is 11.5 Å². The van der Waals surface area contributed by atoms with Crippen molar-refractivity contribution in [3.63, 3.8) is 0 Å². The molecule has 0 bridgehead atoms. The highest BCUT2D eigenvalue weighted by molar-refractivity contribution is 5.55. The Kier molecular flexibility index (Phi) is 5.80. The highest BCUT2D eigenvalue weighted by atomic mass is 17.5. The third-order valence-corrected chi connectivity index (χ3v) is 0.735. The average molecular weight is 150 g/mol. The minimum absolute atomic E-state index is 0.337. The zero-order valence-corrected chi connectivity index (χ0v) is 5.70. The highest BCUT2D eigenvalue weighted by Gasteiger charge is 1.96. The van der Waals surface area contributed by atoms with E-state index >= 15 is 0 Å². The van der Waals surface area contributed by atoms with Gasteiger partial charge in [-0.2, -0.15) is 4.89 Å². The van der Waals surface area contributed by atoms with E-state index in [-0.39, 0.29) is 0 Å². The van der Waals surface area contributed by atoms with E-state index in [2.05, 4.69) is 14.8 Å². The zero-order valence-electron chi connectivity index (χ0n) is 5.70. The lowest BCUT2D eigenvalue weighted by Crippen LogP contribution is -2.03. The van der Waals surface area contributed by atoms with Crippen LogP contribution >= 0.6 is 0 Å². The fourth-order valence-corrected chi connectivity index (χ4v) is 0.290. The summed E-state index contributed by atoms with van der Waals surface area (Å²) in [6.07, 6.45) is 0.246. The van der Waals surface area contributed by atoms with Gasteiger partial charge in [0.15, 0.2) is 0 Å². The molecule has 60 valence electrons. The van der Waals surface area contributed by atoms with E-state index < -0.39 is 6.16 Å². The van der Waals surface area contributed by atoms with Gasteiger partial charge in [0.05, 0.1) is 6.61 Å². The average Bonchev–Trinajstić information content (AvgIpc) is 1.87. The van der Waals surface area contributed by atoms with Crippen molar-refractivity contribution in [3.05, 3.63) is 0 Å². The monoisotopic (exact) mass is 150 g/mol. The predicted molar refractivity (Wildman–Crippen MR) is 31.1 cm³/mol. The Labute approximate surface area is 58.4 Å². The number of hydrogen-bond acceptors (Lipinski definition) is 4. The van der Waals surface area contributed by atoms with Crippen molar-refractivity contribution in [3.8, 4) is 0 Å². The van der Waals surface area contributed by atoms with Gasteiger partial charge in [0, 0.05) is 0 Å². The van der Waals surface area contributed by atoms with Crippen LogP contribution in [0.25, 0.3) is 0 Å². The fourth-order valence-electron chi connectivity index (χ4n) is 0.290. The summed E-state index contributed by atoms with van der Waals surface area (Å²) in [4.78, 5) is 17.5. The maximum absolute atomic E-state index is 9.60. The summed E-state index contributed by atoms with van der Waals surface area (Å²) in [6, 6.07) is 0. The molecule has 0 heterocycles. The first-order valence-electron chi connectivity index (χ1n) is 2.96.